The first kappa shape index (κ1) is 23.3. The molecule has 2 rings (SSSR count). The molecular formula is C20H21F2N3O4S. The van der Waals surface area contributed by atoms with Crippen LogP contribution in [0, 0.1) is 21.7 Å². The molecule has 0 aliphatic heterocycles. The van der Waals surface area contributed by atoms with E-state index in [1.807, 2.05) is 6.26 Å². The Kier molecular flexibility index (Phi) is 8.28. The number of nitro benzene ring substituents is 1. The summed E-state index contributed by atoms with van der Waals surface area (Å²) in [6.45, 7) is 1.61. The van der Waals surface area contributed by atoms with E-state index in [1.165, 1.54) is 36.0 Å². The number of nitrogens with zero attached hydrogens (tertiary/aromatic N) is 1. The van der Waals surface area contributed by atoms with Crippen molar-refractivity contribution >= 4 is 29.3 Å². The molecular weight excluding hydrogens is 416 g/mol. The highest BCUT2D eigenvalue weighted by Crippen LogP contribution is 2.17. The Bertz CT molecular complexity index is 942. The third-order valence-corrected chi connectivity index (χ3v) is 5.00. The summed E-state index contributed by atoms with van der Waals surface area (Å²) < 4.78 is 26.6. The topological polar surface area (TPSA) is 101 Å². The van der Waals surface area contributed by atoms with Gasteiger partial charge in [-0.1, -0.05) is 12.1 Å². The maximum atomic E-state index is 13.5. The molecule has 2 aromatic carbocycles. The van der Waals surface area contributed by atoms with Crippen LogP contribution in [0.2, 0.25) is 0 Å². The van der Waals surface area contributed by atoms with Gasteiger partial charge >= 0.3 is 0 Å². The molecule has 2 aromatic rings. The van der Waals surface area contributed by atoms with Crippen molar-refractivity contribution in [2.75, 3.05) is 12.0 Å². The molecule has 2 amide bonds. The minimum atomic E-state index is -1.02. The van der Waals surface area contributed by atoms with Gasteiger partial charge < -0.3 is 10.6 Å². The fourth-order valence-electron chi connectivity index (χ4n) is 2.69. The summed E-state index contributed by atoms with van der Waals surface area (Å²) in [5, 5.41) is 16.2. The molecule has 0 saturated heterocycles. The molecule has 0 aliphatic rings. The predicted molar refractivity (Wildman–Crippen MR) is 110 cm³/mol. The smallest absolute Gasteiger partial charge is 0.270 e. The quantitative estimate of drug-likeness (QED) is 0.461. The monoisotopic (exact) mass is 437 g/mol. The second kappa shape index (κ2) is 10.7. The molecule has 0 aromatic heterocycles. The van der Waals surface area contributed by atoms with Gasteiger partial charge in [0.2, 0.25) is 5.91 Å². The minimum Gasteiger partial charge on any atom is -0.348 e. The van der Waals surface area contributed by atoms with Gasteiger partial charge in [-0.15, -0.1) is 0 Å². The minimum absolute atomic E-state index is 0.0554. The number of carbonyl (C=O) groups is 2. The highest BCUT2D eigenvalue weighted by molar-refractivity contribution is 7.98. The summed E-state index contributed by atoms with van der Waals surface area (Å²) in [5.74, 6) is -2.56. The van der Waals surface area contributed by atoms with Gasteiger partial charge in [0.25, 0.3) is 11.6 Å². The zero-order valence-electron chi connectivity index (χ0n) is 16.4. The second-order valence-electron chi connectivity index (χ2n) is 6.52. The van der Waals surface area contributed by atoms with Crippen LogP contribution in [0.4, 0.5) is 14.5 Å². The van der Waals surface area contributed by atoms with Gasteiger partial charge in [0.05, 0.1) is 11.0 Å². The van der Waals surface area contributed by atoms with E-state index in [0.717, 1.165) is 18.2 Å². The van der Waals surface area contributed by atoms with Crippen LogP contribution in [-0.2, 0) is 4.79 Å². The highest BCUT2D eigenvalue weighted by Gasteiger charge is 2.24. The van der Waals surface area contributed by atoms with E-state index in [4.69, 9.17) is 0 Å². The number of hydrogen-bond donors (Lipinski definition) is 2. The molecule has 10 heteroatoms. The van der Waals surface area contributed by atoms with E-state index in [-0.39, 0.29) is 11.3 Å². The lowest BCUT2D eigenvalue weighted by Crippen LogP contribution is -2.47. The van der Waals surface area contributed by atoms with E-state index in [9.17, 15) is 28.5 Å². The Hall–Kier alpha value is -3.01. The fourth-order valence-corrected chi connectivity index (χ4v) is 3.16. The zero-order valence-corrected chi connectivity index (χ0v) is 17.2. The average Bonchev–Trinajstić information content (AvgIpc) is 2.72. The molecule has 0 bridgehead atoms. The van der Waals surface area contributed by atoms with E-state index in [1.54, 1.807) is 6.92 Å². The summed E-state index contributed by atoms with van der Waals surface area (Å²) in [7, 11) is 0. The molecule has 0 aliphatic carbocycles. The van der Waals surface area contributed by atoms with Crippen LogP contribution in [0.15, 0.2) is 42.5 Å². The molecule has 2 unspecified atom stereocenters. The van der Waals surface area contributed by atoms with Crippen molar-refractivity contribution < 1.29 is 23.3 Å². The lowest BCUT2D eigenvalue weighted by atomic mass is 10.1. The van der Waals surface area contributed by atoms with Crippen LogP contribution < -0.4 is 10.6 Å². The van der Waals surface area contributed by atoms with Crippen LogP contribution >= 0.6 is 11.8 Å². The second-order valence-corrected chi connectivity index (χ2v) is 7.50. The standard InChI is InChI=1S/C20H21F2N3O4S/c1-12(13-6-7-16(21)17(22)11-13)23-20(27)18(8-9-30-2)24-19(26)14-4-3-5-15(10-14)25(28)29/h3-7,10-12,18H,8-9H2,1-2H3,(H,23,27)(H,24,26). The number of thioether (sulfide) groups is 1. The maximum absolute atomic E-state index is 13.5. The molecule has 7 nitrogen and oxygen atoms in total. The van der Waals surface area contributed by atoms with Gasteiger partial charge in [-0.05, 0) is 49.1 Å². The van der Waals surface area contributed by atoms with E-state index < -0.39 is 40.5 Å². The van der Waals surface area contributed by atoms with Crippen molar-refractivity contribution in [1.82, 2.24) is 10.6 Å². The molecule has 2 atom stereocenters. The van der Waals surface area contributed by atoms with Gasteiger partial charge in [-0.3, -0.25) is 19.7 Å². The number of halogens is 2. The molecule has 0 heterocycles. The Morgan fingerprint density at radius 3 is 2.50 bits per heavy atom. The summed E-state index contributed by atoms with van der Waals surface area (Å²) >= 11 is 1.48. The summed E-state index contributed by atoms with van der Waals surface area (Å²) in [5.41, 5.74) is 0.190. The van der Waals surface area contributed by atoms with Crippen LogP contribution in [0.3, 0.4) is 0 Å². The molecule has 0 radical (unpaired) electrons. The summed E-state index contributed by atoms with van der Waals surface area (Å²) in [4.78, 5) is 35.5. The Morgan fingerprint density at radius 2 is 1.87 bits per heavy atom. The van der Waals surface area contributed by atoms with Crippen molar-refractivity contribution in [3.63, 3.8) is 0 Å². The van der Waals surface area contributed by atoms with Gasteiger partial charge in [-0.25, -0.2) is 8.78 Å². The summed E-state index contributed by atoms with van der Waals surface area (Å²) in [6, 6.07) is 6.99. The lowest BCUT2D eigenvalue weighted by molar-refractivity contribution is -0.384. The number of nitrogens with one attached hydrogen (secondary N) is 2. The van der Waals surface area contributed by atoms with Crippen LogP contribution in [0.25, 0.3) is 0 Å². The number of non-ortho nitro benzene ring substituents is 1. The van der Waals surface area contributed by atoms with Gasteiger partial charge in [0.15, 0.2) is 11.6 Å². The Labute approximate surface area is 176 Å². The van der Waals surface area contributed by atoms with E-state index in [2.05, 4.69) is 10.6 Å². The molecule has 2 N–H and O–H groups in total. The van der Waals surface area contributed by atoms with Crippen molar-refractivity contribution in [2.24, 2.45) is 0 Å². The van der Waals surface area contributed by atoms with E-state index in [0.29, 0.717) is 17.7 Å². The fraction of sp³-hybridized carbons (Fsp3) is 0.300. The number of hydrogen-bond acceptors (Lipinski definition) is 5. The highest BCUT2D eigenvalue weighted by atomic mass is 32.2. The SMILES string of the molecule is CSCCC(NC(=O)c1cccc([N+](=O)[O-])c1)C(=O)NC(C)c1ccc(F)c(F)c1. The van der Waals surface area contributed by atoms with Crippen molar-refractivity contribution in [2.45, 2.75) is 25.4 Å². The molecule has 0 fully saturated rings. The van der Waals surface area contributed by atoms with Gasteiger partial charge in [0, 0.05) is 17.7 Å². The number of amides is 2. The Balaban J connectivity index is 2.12. The first-order valence-electron chi connectivity index (χ1n) is 9.02. The van der Waals surface area contributed by atoms with E-state index >= 15 is 0 Å². The van der Waals surface area contributed by atoms with Crippen LogP contribution in [-0.4, -0.2) is 34.8 Å². The summed E-state index contributed by atoms with van der Waals surface area (Å²) in [6.07, 6.45) is 2.17. The number of benzene rings is 2. The number of rotatable bonds is 9. The largest absolute Gasteiger partial charge is 0.348 e. The van der Waals surface area contributed by atoms with Crippen LogP contribution in [0.5, 0.6) is 0 Å². The Morgan fingerprint density at radius 1 is 1.13 bits per heavy atom. The van der Waals surface area contributed by atoms with Crippen LogP contribution in [0.1, 0.15) is 35.3 Å². The third-order valence-electron chi connectivity index (χ3n) is 4.35. The molecule has 30 heavy (non-hydrogen) atoms. The number of carbonyl (C=O) groups excluding carboxylic acids is 2. The zero-order chi connectivity index (χ0) is 22.3. The normalized spacial score (nSPS) is 12.7. The average molecular weight is 437 g/mol. The first-order chi connectivity index (χ1) is 14.2. The molecule has 160 valence electrons. The number of nitro groups is 1. The molecule has 0 saturated carbocycles. The first-order valence-corrected chi connectivity index (χ1v) is 10.4. The van der Waals surface area contributed by atoms with Gasteiger partial charge in [-0.2, -0.15) is 11.8 Å². The maximum Gasteiger partial charge on any atom is 0.270 e. The molecule has 0 spiro atoms. The lowest BCUT2D eigenvalue weighted by Gasteiger charge is -2.21. The third kappa shape index (κ3) is 6.24. The van der Waals surface area contributed by atoms with Crippen molar-refractivity contribution in [1.29, 1.82) is 0 Å². The van der Waals surface area contributed by atoms with Crippen molar-refractivity contribution in [3.8, 4) is 0 Å². The van der Waals surface area contributed by atoms with Gasteiger partial charge in [0.1, 0.15) is 6.04 Å². The van der Waals surface area contributed by atoms with Crippen molar-refractivity contribution in [3.05, 3.63) is 75.3 Å². The predicted octanol–water partition coefficient (Wildman–Crippen LogP) is 3.60.